The fourth-order valence-corrected chi connectivity index (χ4v) is 5.85. The van der Waals surface area contributed by atoms with Crippen molar-refractivity contribution in [3.8, 4) is 0 Å². The van der Waals surface area contributed by atoms with Gasteiger partial charge < -0.3 is 20.9 Å². The summed E-state index contributed by atoms with van der Waals surface area (Å²) in [5.74, 6) is -0.414. The summed E-state index contributed by atoms with van der Waals surface area (Å²) in [6.45, 7) is 7.12. The number of aromatic nitrogens is 1. The number of fused-ring (bicyclic) bond motifs is 1. The second kappa shape index (κ2) is 13.2. The topological polar surface area (TPSA) is 89.6 Å². The van der Waals surface area contributed by atoms with Gasteiger partial charge in [-0.15, -0.1) is 0 Å². The van der Waals surface area contributed by atoms with Crippen LogP contribution < -0.4 is 16.0 Å². The summed E-state index contributed by atoms with van der Waals surface area (Å²) >= 11 is 0. The molecular weight excluding hydrogens is 548 g/mol. The molecule has 1 fully saturated rings. The smallest absolute Gasteiger partial charge is 0.258 e. The molecule has 0 bridgehead atoms. The van der Waals surface area contributed by atoms with Crippen LogP contribution in [-0.4, -0.2) is 59.8 Å². The number of carbonyl (C=O) groups excluding carboxylic acids is 2. The van der Waals surface area contributed by atoms with Crippen molar-refractivity contribution in [1.82, 2.24) is 20.1 Å². The Hall–Kier alpha value is -4.79. The molecule has 8 nitrogen and oxygen atoms in total. The maximum atomic E-state index is 13.5. The summed E-state index contributed by atoms with van der Waals surface area (Å²) < 4.78 is 0. The number of likely N-dealkylation sites (N-methyl/N-ethyl adjacent to an activating group) is 1. The highest BCUT2D eigenvalue weighted by molar-refractivity contribution is 6.37. The summed E-state index contributed by atoms with van der Waals surface area (Å²) in [5, 5.41) is 9.72. The summed E-state index contributed by atoms with van der Waals surface area (Å²) in [6.07, 6.45) is 4.22. The Morgan fingerprint density at radius 1 is 0.932 bits per heavy atom. The molecule has 1 aromatic heterocycles. The van der Waals surface area contributed by atoms with Gasteiger partial charge in [-0.2, -0.15) is 0 Å². The van der Waals surface area contributed by atoms with E-state index in [0.29, 0.717) is 28.1 Å². The Morgan fingerprint density at radius 2 is 1.75 bits per heavy atom. The molecule has 8 heteroatoms. The van der Waals surface area contributed by atoms with Gasteiger partial charge in [0.1, 0.15) is 0 Å². The van der Waals surface area contributed by atoms with Crippen molar-refractivity contribution in [2.24, 2.45) is 0 Å². The zero-order chi connectivity index (χ0) is 30.5. The maximum absolute atomic E-state index is 13.5. The SMILES string of the molecule is CC[C@@H](NC(=O)c1ccc2c(c1)/C(=C(/Nc1cccc(CN3CCN(C)CC3)c1)c1cccnc1)C(=O)N2)c1ccccc1. The summed E-state index contributed by atoms with van der Waals surface area (Å²) in [7, 11) is 2.16. The lowest BCUT2D eigenvalue weighted by Crippen LogP contribution is -2.43. The van der Waals surface area contributed by atoms with Crippen molar-refractivity contribution in [2.45, 2.75) is 25.9 Å². The minimum atomic E-state index is -0.228. The molecular formula is C36H38N6O2. The molecule has 1 saturated heterocycles. The lowest BCUT2D eigenvalue weighted by molar-refractivity contribution is -0.110. The Bertz CT molecular complexity index is 1660. The molecule has 0 saturated carbocycles. The molecule has 0 aliphatic carbocycles. The zero-order valence-corrected chi connectivity index (χ0v) is 25.2. The van der Waals surface area contributed by atoms with E-state index < -0.39 is 0 Å². The predicted octanol–water partition coefficient (Wildman–Crippen LogP) is 5.64. The van der Waals surface area contributed by atoms with Crippen LogP contribution in [0, 0.1) is 0 Å². The first-order chi connectivity index (χ1) is 21.5. The molecule has 0 unspecified atom stereocenters. The minimum absolute atomic E-state index is 0.113. The molecule has 224 valence electrons. The first-order valence-corrected chi connectivity index (χ1v) is 15.2. The van der Waals surface area contributed by atoms with Gasteiger partial charge in [0.05, 0.1) is 17.3 Å². The second-order valence-corrected chi connectivity index (χ2v) is 11.5. The number of benzene rings is 3. The van der Waals surface area contributed by atoms with E-state index >= 15 is 0 Å². The second-order valence-electron chi connectivity index (χ2n) is 11.5. The van der Waals surface area contributed by atoms with Crippen LogP contribution in [0.15, 0.2) is 97.3 Å². The van der Waals surface area contributed by atoms with Gasteiger partial charge in [0.2, 0.25) is 0 Å². The van der Waals surface area contributed by atoms with Gasteiger partial charge in [-0.05, 0) is 67.1 Å². The molecule has 6 rings (SSSR count). The first-order valence-electron chi connectivity index (χ1n) is 15.2. The van der Waals surface area contributed by atoms with Crippen molar-refractivity contribution in [3.63, 3.8) is 0 Å². The van der Waals surface area contributed by atoms with E-state index in [1.54, 1.807) is 30.6 Å². The quantitative estimate of drug-likeness (QED) is 0.220. The average Bonchev–Trinajstić information content (AvgIpc) is 3.39. The van der Waals surface area contributed by atoms with Gasteiger partial charge in [0.25, 0.3) is 11.8 Å². The molecule has 0 radical (unpaired) electrons. The van der Waals surface area contributed by atoms with Crippen LogP contribution in [0.25, 0.3) is 11.3 Å². The van der Waals surface area contributed by atoms with Crippen LogP contribution in [0.1, 0.15) is 52.0 Å². The van der Waals surface area contributed by atoms with Crippen molar-refractivity contribution in [2.75, 3.05) is 43.9 Å². The van der Waals surface area contributed by atoms with Crippen LogP contribution in [0.2, 0.25) is 0 Å². The van der Waals surface area contributed by atoms with E-state index in [4.69, 9.17) is 0 Å². The molecule has 3 heterocycles. The van der Waals surface area contributed by atoms with Crippen molar-refractivity contribution in [3.05, 3.63) is 125 Å². The summed E-state index contributed by atoms with van der Waals surface area (Å²) in [5.41, 5.74) is 6.87. The third kappa shape index (κ3) is 6.56. The maximum Gasteiger partial charge on any atom is 0.258 e. The van der Waals surface area contributed by atoms with E-state index in [2.05, 4.69) is 56.8 Å². The lowest BCUT2D eigenvalue weighted by atomic mass is 9.98. The molecule has 44 heavy (non-hydrogen) atoms. The lowest BCUT2D eigenvalue weighted by Gasteiger charge is -2.32. The van der Waals surface area contributed by atoms with Gasteiger partial charge >= 0.3 is 0 Å². The highest BCUT2D eigenvalue weighted by atomic mass is 16.2. The van der Waals surface area contributed by atoms with Crippen LogP contribution in [0.4, 0.5) is 11.4 Å². The van der Waals surface area contributed by atoms with Crippen molar-refractivity contribution < 1.29 is 9.59 Å². The molecule has 2 aliphatic rings. The van der Waals surface area contributed by atoms with E-state index in [1.807, 2.05) is 54.6 Å². The monoisotopic (exact) mass is 586 g/mol. The zero-order valence-electron chi connectivity index (χ0n) is 25.2. The number of nitrogens with one attached hydrogen (secondary N) is 3. The largest absolute Gasteiger partial charge is 0.354 e. The van der Waals surface area contributed by atoms with E-state index in [-0.39, 0.29) is 17.9 Å². The van der Waals surface area contributed by atoms with Crippen LogP contribution in [0.3, 0.4) is 0 Å². The number of amides is 2. The van der Waals surface area contributed by atoms with Crippen LogP contribution >= 0.6 is 0 Å². The Kier molecular flexibility index (Phi) is 8.81. The molecule has 1 atom stereocenters. The third-order valence-corrected chi connectivity index (χ3v) is 8.34. The van der Waals surface area contributed by atoms with Gasteiger partial charge in [-0.25, -0.2) is 0 Å². The first kappa shape index (κ1) is 29.3. The highest BCUT2D eigenvalue weighted by Gasteiger charge is 2.30. The summed E-state index contributed by atoms with van der Waals surface area (Å²) in [4.78, 5) is 36.2. The standard InChI is InChI=1S/C36H38N6O2/c1-3-31(26-10-5-4-6-11-26)39-35(43)27-14-15-32-30(22-27)33(36(44)40-32)34(28-12-8-16-37-23-28)38-29-13-7-9-25(21-29)24-42-19-17-41(2)18-20-42/h4-16,21-23,31,38H,3,17-20,24H2,1-2H3,(H,39,43)(H,40,44)/b34-33-/t31-/m1/s1. The molecule has 4 aromatic rings. The number of rotatable bonds is 9. The Balaban J connectivity index is 1.32. The van der Waals surface area contributed by atoms with E-state index in [0.717, 1.165) is 56.0 Å². The Morgan fingerprint density at radius 3 is 2.50 bits per heavy atom. The molecule has 3 aromatic carbocycles. The van der Waals surface area contributed by atoms with Gasteiger partial charge in [0.15, 0.2) is 0 Å². The van der Waals surface area contributed by atoms with Crippen LogP contribution in [0.5, 0.6) is 0 Å². The Labute approximate surface area is 258 Å². The third-order valence-electron chi connectivity index (χ3n) is 8.34. The fraction of sp³-hybridized carbons (Fsp3) is 0.250. The van der Waals surface area contributed by atoms with Crippen molar-refractivity contribution in [1.29, 1.82) is 0 Å². The molecule has 3 N–H and O–H groups in total. The minimum Gasteiger partial charge on any atom is -0.354 e. The van der Waals surface area contributed by atoms with Gasteiger partial charge in [-0.3, -0.25) is 19.5 Å². The number of nitrogens with zero attached hydrogens (tertiary/aromatic N) is 3. The fourth-order valence-electron chi connectivity index (χ4n) is 5.85. The van der Waals surface area contributed by atoms with Gasteiger partial charge in [-0.1, -0.05) is 49.4 Å². The molecule has 2 aliphatic heterocycles. The average molecular weight is 587 g/mol. The molecule has 0 spiro atoms. The highest BCUT2D eigenvalue weighted by Crippen LogP contribution is 2.38. The number of carbonyl (C=O) groups is 2. The number of hydrogen-bond donors (Lipinski definition) is 3. The predicted molar refractivity (Wildman–Crippen MR) is 176 cm³/mol. The summed E-state index contributed by atoms with van der Waals surface area (Å²) in [6, 6.07) is 27.3. The van der Waals surface area contributed by atoms with Gasteiger partial charge in [0, 0.05) is 73.2 Å². The molecule has 2 amide bonds. The normalized spacial score (nSPS) is 17.0. The van der Waals surface area contributed by atoms with Crippen molar-refractivity contribution >= 4 is 34.5 Å². The van der Waals surface area contributed by atoms with Crippen LogP contribution in [-0.2, 0) is 11.3 Å². The number of piperazine rings is 1. The number of anilines is 2. The van der Waals surface area contributed by atoms with E-state index in [9.17, 15) is 9.59 Å². The number of hydrogen-bond acceptors (Lipinski definition) is 6. The number of pyridine rings is 1. The van der Waals surface area contributed by atoms with E-state index in [1.165, 1.54) is 5.56 Å².